The van der Waals surface area contributed by atoms with Crippen LogP contribution in [0.3, 0.4) is 0 Å². The second-order valence-corrected chi connectivity index (χ2v) is 6.24. The maximum atomic E-state index is 12.1. The molecule has 3 nitrogen and oxygen atoms in total. The summed E-state index contributed by atoms with van der Waals surface area (Å²) in [7, 11) is 0. The lowest BCUT2D eigenvalue weighted by molar-refractivity contribution is -0.115. The smallest absolute Gasteiger partial charge is 0.387 e. The molecule has 0 saturated carbocycles. The summed E-state index contributed by atoms with van der Waals surface area (Å²) in [6.45, 7) is 0.986. The molecule has 1 unspecified atom stereocenters. The zero-order chi connectivity index (χ0) is 15.8. The minimum Gasteiger partial charge on any atom is -0.433 e. The van der Waals surface area contributed by atoms with Crippen LogP contribution >= 0.6 is 23.4 Å². The lowest BCUT2D eigenvalue weighted by Gasteiger charge is -2.13. The van der Waals surface area contributed by atoms with E-state index < -0.39 is 6.61 Å². The maximum Gasteiger partial charge on any atom is 0.387 e. The highest BCUT2D eigenvalue weighted by atomic mass is 35.5. The Balaban J connectivity index is 2.58. The van der Waals surface area contributed by atoms with Crippen LogP contribution in [0.15, 0.2) is 18.2 Å². The van der Waals surface area contributed by atoms with Crippen molar-refractivity contribution in [2.45, 2.75) is 38.6 Å². The Morgan fingerprint density at radius 3 is 2.76 bits per heavy atom. The quantitative estimate of drug-likeness (QED) is 0.692. The van der Waals surface area contributed by atoms with Gasteiger partial charge in [0.2, 0.25) is 5.91 Å². The molecule has 1 rings (SSSR count). The zero-order valence-corrected chi connectivity index (χ0v) is 13.4. The molecule has 1 N–H and O–H groups in total. The Kier molecular flexibility index (Phi) is 7.82. The summed E-state index contributed by atoms with van der Waals surface area (Å²) >= 11 is 7.40. The van der Waals surface area contributed by atoms with Crippen molar-refractivity contribution in [3.8, 4) is 5.75 Å². The number of hydrogen-bond acceptors (Lipinski definition) is 3. The number of carbonyl (C=O) groups excluding carboxylic acids is 1. The first-order valence-electron chi connectivity index (χ1n) is 6.60. The average Bonchev–Trinajstić information content (AvgIpc) is 2.41. The van der Waals surface area contributed by atoms with Crippen LogP contribution in [0.1, 0.15) is 26.7 Å². The van der Waals surface area contributed by atoms with Gasteiger partial charge in [0.25, 0.3) is 0 Å². The number of amides is 1. The number of alkyl halides is 2. The van der Waals surface area contributed by atoms with Crippen LogP contribution in [-0.4, -0.2) is 23.5 Å². The van der Waals surface area contributed by atoms with Crippen LogP contribution in [0.4, 0.5) is 14.5 Å². The van der Waals surface area contributed by atoms with E-state index in [0.717, 1.165) is 18.6 Å². The van der Waals surface area contributed by atoms with Gasteiger partial charge in [0.15, 0.2) is 0 Å². The van der Waals surface area contributed by atoms with Gasteiger partial charge in [0, 0.05) is 5.69 Å². The molecule has 0 aliphatic rings. The Hall–Kier alpha value is -1.01. The number of rotatable bonds is 8. The van der Waals surface area contributed by atoms with Crippen molar-refractivity contribution in [2.75, 3.05) is 11.1 Å². The molecule has 0 aliphatic heterocycles. The highest BCUT2D eigenvalue weighted by Gasteiger charge is 2.14. The van der Waals surface area contributed by atoms with E-state index in [9.17, 15) is 13.6 Å². The van der Waals surface area contributed by atoms with E-state index in [-0.39, 0.29) is 21.9 Å². The van der Waals surface area contributed by atoms with Crippen molar-refractivity contribution < 1.29 is 18.3 Å². The molecule has 1 aromatic rings. The van der Waals surface area contributed by atoms with E-state index in [0.29, 0.717) is 5.69 Å². The number of ether oxygens (including phenoxy) is 1. The van der Waals surface area contributed by atoms with E-state index in [1.54, 1.807) is 11.8 Å². The first kappa shape index (κ1) is 18.0. The summed E-state index contributed by atoms with van der Waals surface area (Å²) in [5.41, 5.74) is 0.453. The molecule has 0 saturated heterocycles. The number of thioether (sulfide) groups is 1. The lowest BCUT2D eigenvalue weighted by atomic mass is 10.3. The van der Waals surface area contributed by atoms with Crippen molar-refractivity contribution >= 4 is 35.0 Å². The van der Waals surface area contributed by atoms with Gasteiger partial charge in [-0.15, -0.1) is 11.8 Å². The van der Waals surface area contributed by atoms with E-state index in [1.807, 2.05) is 6.92 Å². The Morgan fingerprint density at radius 1 is 1.48 bits per heavy atom. The summed E-state index contributed by atoms with van der Waals surface area (Å²) < 4.78 is 28.5. The van der Waals surface area contributed by atoms with Crippen LogP contribution in [0.25, 0.3) is 0 Å². The van der Waals surface area contributed by atoms with Crippen LogP contribution in [-0.2, 0) is 4.79 Å². The fourth-order valence-corrected chi connectivity index (χ4v) is 2.74. The fourth-order valence-electron chi connectivity index (χ4n) is 1.49. The molecule has 0 heterocycles. The monoisotopic (exact) mass is 337 g/mol. The molecule has 118 valence electrons. The fraction of sp³-hybridized carbons (Fsp3) is 0.500. The van der Waals surface area contributed by atoms with Gasteiger partial charge in [-0.2, -0.15) is 8.78 Å². The van der Waals surface area contributed by atoms with Gasteiger partial charge in [-0.05, 0) is 37.3 Å². The predicted molar refractivity (Wildman–Crippen MR) is 83.5 cm³/mol. The molecule has 7 heteroatoms. The SMILES string of the molecule is CCCCSC(C)C(=O)Nc1ccc(OC(F)F)c(Cl)c1. The number of halogens is 3. The number of benzene rings is 1. The highest BCUT2D eigenvalue weighted by molar-refractivity contribution is 8.00. The topological polar surface area (TPSA) is 38.3 Å². The van der Waals surface area contributed by atoms with Crippen molar-refractivity contribution in [1.29, 1.82) is 0 Å². The van der Waals surface area contributed by atoms with Crippen molar-refractivity contribution in [3.05, 3.63) is 23.2 Å². The minimum absolute atomic E-state index is 0.0272. The van der Waals surface area contributed by atoms with E-state index in [4.69, 9.17) is 11.6 Å². The second kappa shape index (κ2) is 9.10. The molecule has 0 bridgehead atoms. The normalized spacial score (nSPS) is 12.3. The molecule has 0 aliphatic carbocycles. The van der Waals surface area contributed by atoms with Gasteiger partial charge in [-0.1, -0.05) is 24.9 Å². The molecular weight excluding hydrogens is 320 g/mol. The third-order valence-corrected chi connectivity index (χ3v) is 4.18. The van der Waals surface area contributed by atoms with Gasteiger partial charge in [0.1, 0.15) is 5.75 Å². The number of anilines is 1. The Bertz CT molecular complexity index is 474. The summed E-state index contributed by atoms with van der Waals surface area (Å²) in [5, 5.41) is 2.54. The van der Waals surface area contributed by atoms with E-state index in [2.05, 4.69) is 17.0 Å². The number of hydrogen-bond donors (Lipinski definition) is 1. The Morgan fingerprint density at radius 2 is 2.19 bits per heavy atom. The molecule has 0 spiro atoms. The summed E-state index contributed by atoms with van der Waals surface area (Å²) in [6.07, 6.45) is 2.15. The van der Waals surface area contributed by atoms with Crippen molar-refractivity contribution in [3.63, 3.8) is 0 Å². The summed E-state index contributed by atoms with van der Waals surface area (Å²) in [4.78, 5) is 12.0. The summed E-state index contributed by atoms with van der Waals surface area (Å²) in [5.74, 6) is 0.664. The van der Waals surface area contributed by atoms with Crippen LogP contribution in [0.5, 0.6) is 5.75 Å². The first-order chi connectivity index (χ1) is 9.93. The number of unbranched alkanes of at least 4 members (excludes halogenated alkanes) is 1. The molecule has 1 amide bonds. The van der Waals surface area contributed by atoms with E-state index in [1.165, 1.54) is 18.2 Å². The third kappa shape index (κ3) is 6.52. The van der Waals surface area contributed by atoms with Crippen molar-refractivity contribution in [2.24, 2.45) is 0 Å². The van der Waals surface area contributed by atoms with Crippen LogP contribution < -0.4 is 10.1 Å². The zero-order valence-electron chi connectivity index (χ0n) is 11.9. The number of nitrogens with one attached hydrogen (secondary N) is 1. The standard InChI is InChI=1S/C14H18ClF2NO2S/c1-3-4-7-21-9(2)13(19)18-10-5-6-12(11(15)8-10)20-14(16)17/h5-6,8-9,14H,3-4,7H2,1-2H3,(H,18,19). The third-order valence-electron chi connectivity index (χ3n) is 2.65. The molecule has 0 aromatic heterocycles. The molecule has 0 fully saturated rings. The molecule has 0 radical (unpaired) electrons. The average molecular weight is 338 g/mol. The first-order valence-corrected chi connectivity index (χ1v) is 8.03. The molecule has 1 aromatic carbocycles. The van der Waals surface area contributed by atoms with Gasteiger partial charge in [-0.25, -0.2) is 0 Å². The van der Waals surface area contributed by atoms with E-state index >= 15 is 0 Å². The maximum absolute atomic E-state index is 12.1. The number of carbonyl (C=O) groups is 1. The predicted octanol–water partition coefficient (Wildman–Crippen LogP) is 4.80. The van der Waals surface area contributed by atoms with Gasteiger partial charge >= 0.3 is 6.61 Å². The van der Waals surface area contributed by atoms with Crippen LogP contribution in [0.2, 0.25) is 5.02 Å². The molecular formula is C14H18ClF2NO2S. The second-order valence-electron chi connectivity index (χ2n) is 4.38. The van der Waals surface area contributed by atoms with Gasteiger partial charge in [-0.3, -0.25) is 4.79 Å². The van der Waals surface area contributed by atoms with Gasteiger partial charge in [0.05, 0.1) is 10.3 Å². The molecule has 1 atom stereocenters. The minimum atomic E-state index is -2.93. The van der Waals surface area contributed by atoms with Gasteiger partial charge < -0.3 is 10.1 Å². The molecule has 21 heavy (non-hydrogen) atoms. The largest absolute Gasteiger partial charge is 0.433 e. The highest BCUT2D eigenvalue weighted by Crippen LogP contribution is 2.29. The van der Waals surface area contributed by atoms with Crippen molar-refractivity contribution in [1.82, 2.24) is 0 Å². The lowest BCUT2D eigenvalue weighted by Crippen LogP contribution is -2.22. The van der Waals surface area contributed by atoms with Crippen LogP contribution in [0, 0.1) is 0 Å². The summed E-state index contributed by atoms with van der Waals surface area (Å²) in [6, 6.07) is 4.17. The Labute approximate surface area is 132 Å².